The number of hydrogen-bond acceptors (Lipinski definition) is 1. The predicted molar refractivity (Wildman–Crippen MR) is 55.8 cm³/mol. The highest BCUT2D eigenvalue weighted by Crippen LogP contribution is 2.40. The van der Waals surface area contributed by atoms with E-state index in [2.05, 4.69) is 13.0 Å². The van der Waals surface area contributed by atoms with Gasteiger partial charge >= 0.3 is 0 Å². The molecule has 0 aromatic heterocycles. The van der Waals surface area contributed by atoms with Crippen molar-refractivity contribution in [1.82, 2.24) is 0 Å². The fraction of sp³-hybridized carbons (Fsp3) is 0.455. The van der Waals surface area contributed by atoms with Crippen molar-refractivity contribution >= 4 is 11.6 Å². The summed E-state index contributed by atoms with van der Waals surface area (Å²) >= 11 is 5.88. The van der Waals surface area contributed by atoms with E-state index in [4.69, 9.17) is 17.3 Å². The normalized spacial score (nSPS) is 18.7. The molecule has 1 saturated carbocycles. The molecule has 0 bridgehead atoms. The van der Waals surface area contributed by atoms with Gasteiger partial charge in [0, 0.05) is 11.1 Å². The fourth-order valence-electron chi connectivity index (χ4n) is 1.72. The van der Waals surface area contributed by atoms with Crippen molar-refractivity contribution in [2.24, 2.45) is 11.7 Å². The molecule has 2 N–H and O–H groups in total. The van der Waals surface area contributed by atoms with Crippen LogP contribution < -0.4 is 5.73 Å². The quantitative estimate of drug-likeness (QED) is 0.772. The van der Waals surface area contributed by atoms with Gasteiger partial charge in [-0.05, 0) is 48.9 Å². The van der Waals surface area contributed by atoms with E-state index in [1.165, 1.54) is 24.0 Å². The van der Waals surface area contributed by atoms with Crippen molar-refractivity contribution < 1.29 is 0 Å². The first-order valence-electron chi connectivity index (χ1n) is 4.70. The summed E-state index contributed by atoms with van der Waals surface area (Å²) in [6, 6.07) is 6.18. The zero-order valence-corrected chi connectivity index (χ0v) is 8.51. The van der Waals surface area contributed by atoms with Crippen molar-refractivity contribution in [3.8, 4) is 0 Å². The van der Waals surface area contributed by atoms with E-state index in [9.17, 15) is 0 Å². The molecule has 0 heterocycles. The van der Waals surface area contributed by atoms with Crippen molar-refractivity contribution in [1.29, 1.82) is 0 Å². The molecule has 1 fully saturated rings. The highest BCUT2D eigenvalue weighted by molar-refractivity contribution is 6.30. The maximum absolute atomic E-state index is 6.11. The Hall–Kier alpha value is -0.530. The summed E-state index contributed by atoms with van der Waals surface area (Å²) in [5, 5.41) is 0.796. The number of halogens is 1. The average Bonchev–Trinajstić information content (AvgIpc) is 2.85. The molecule has 1 unspecified atom stereocenters. The minimum atomic E-state index is 0.220. The molecule has 70 valence electrons. The summed E-state index contributed by atoms with van der Waals surface area (Å²) in [6.45, 7) is 2.07. The van der Waals surface area contributed by atoms with Gasteiger partial charge in [-0.3, -0.25) is 0 Å². The van der Waals surface area contributed by atoms with Gasteiger partial charge in [0.2, 0.25) is 0 Å². The van der Waals surface area contributed by atoms with Gasteiger partial charge in [-0.1, -0.05) is 17.7 Å². The largest absolute Gasteiger partial charge is 0.324 e. The second-order valence-corrected chi connectivity index (χ2v) is 4.30. The minimum Gasteiger partial charge on any atom is -0.324 e. The zero-order valence-electron chi connectivity index (χ0n) is 7.76. The Morgan fingerprint density at radius 3 is 2.69 bits per heavy atom. The van der Waals surface area contributed by atoms with Crippen LogP contribution >= 0.6 is 11.6 Å². The number of rotatable bonds is 2. The molecule has 2 rings (SSSR count). The van der Waals surface area contributed by atoms with Crippen molar-refractivity contribution in [2.45, 2.75) is 25.8 Å². The molecule has 1 aliphatic carbocycles. The lowest BCUT2D eigenvalue weighted by Crippen LogP contribution is -2.13. The molecule has 0 amide bonds. The Bertz CT molecular complexity index is 318. The van der Waals surface area contributed by atoms with Crippen molar-refractivity contribution in [2.75, 3.05) is 0 Å². The highest BCUT2D eigenvalue weighted by Gasteiger charge is 2.30. The van der Waals surface area contributed by atoms with E-state index in [0.29, 0.717) is 5.92 Å². The van der Waals surface area contributed by atoms with Crippen molar-refractivity contribution in [3.05, 3.63) is 34.3 Å². The Labute approximate surface area is 83.9 Å². The first-order valence-corrected chi connectivity index (χ1v) is 5.08. The molecule has 0 saturated heterocycles. The van der Waals surface area contributed by atoms with E-state index in [0.717, 1.165) is 5.02 Å². The monoisotopic (exact) mass is 195 g/mol. The Morgan fingerprint density at radius 1 is 1.46 bits per heavy atom. The van der Waals surface area contributed by atoms with Crippen LogP contribution in [0, 0.1) is 12.8 Å². The van der Waals surface area contributed by atoms with E-state index in [-0.39, 0.29) is 6.04 Å². The van der Waals surface area contributed by atoms with Gasteiger partial charge in [-0.25, -0.2) is 0 Å². The first-order chi connectivity index (χ1) is 6.18. The molecule has 0 aliphatic heterocycles. The Kier molecular flexibility index (Phi) is 2.31. The second kappa shape index (κ2) is 3.32. The van der Waals surface area contributed by atoms with E-state index in [1.807, 2.05) is 12.1 Å². The van der Waals surface area contributed by atoms with Crippen LogP contribution in [0.25, 0.3) is 0 Å². The maximum atomic E-state index is 6.11. The number of nitrogens with two attached hydrogens (primary N) is 1. The van der Waals surface area contributed by atoms with E-state index in [1.54, 1.807) is 0 Å². The second-order valence-electron chi connectivity index (χ2n) is 3.86. The molecule has 13 heavy (non-hydrogen) atoms. The van der Waals surface area contributed by atoms with Crippen LogP contribution in [0.5, 0.6) is 0 Å². The van der Waals surface area contributed by atoms with Crippen LogP contribution in [-0.4, -0.2) is 0 Å². The molecule has 0 radical (unpaired) electrons. The highest BCUT2D eigenvalue weighted by atomic mass is 35.5. The molecule has 2 heteroatoms. The maximum Gasteiger partial charge on any atom is 0.0408 e. The van der Waals surface area contributed by atoms with E-state index >= 15 is 0 Å². The van der Waals surface area contributed by atoms with Crippen LogP contribution in [0.3, 0.4) is 0 Å². The van der Waals surface area contributed by atoms with E-state index < -0.39 is 0 Å². The standard InChI is InChI=1S/C11H14ClN/c1-7-6-9(12)4-5-10(7)11(13)8-2-3-8/h4-6,8,11H,2-3,13H2,1H3. The molecule has 1 aliphatic rings. The number of benzene rings is 1. The van der Waals surface area contributed by atoms with Gasteiger partial charge < -0.3 is 5.73 Å². The van der Waals surface area contributed by atoms with Crippen LogP contribution in [0.2, 0.25) is 5.02 Å². The summed E-state index contributed by atoms with van der Waals surface area (Å²) < 4.78 is 0. The lowest BCUT2D eigenvalue weighted by atomic mass is 9.99. The van der Waals surface area contributed by atoms with Gasteiger partial charge in [-0.2, -0.15) is 0 Å². The summed E-state index contributed by atoms with van der Waals surface area (Å²) in [5.74, 6) is 0.708. The third-order valence-corrected chi connectivity index (χ3v) is 2.96. The molecular formula is C11H14ClN. The van der Waals surface area contributed by atoms with Gasteiger partial charge in [0.1, 0.15) is 0 Å². The fourth-order valence-corrected chi connectivity index (χ4v) is 1.95. The predicted octanol–water partition coefficient (Wildman–Crippen LogP) is 3.06. The smallest absolute Gasteiger partial charge is 0.0408 e. The van der Waals surface area contributed by atoms with Gasteiger partial charge in [0.05, 0.1) is 0 Å². The minimum absolute atomic E-state index is 0.220. The van der Waals surface area contributed by atoms with Crippen LogP contribution in [0.1, 0.15) is 30.0 Å². The van der Waals surface area contributed by atoms with Gasteiger partial charge in [0.15, 0.2) is 0 Å². The lowest BCUT2D eigenvalue weighted by molar-refractivity contribution is 0.630. The third kappa shape index (κ3) is 1.87. The molecular weight excluding hydrogens is 182 g/mol. The Morgan fingerprint density at radius 2 is 2.15 bits per heavy atom. The molecule has 1 aromatic rings. The summed E-state index contributed by atoms with van der Waals surface area (Å²) in [7, 11) is 0. The molecule has 0 spiro atoms. The van der Waals surface area contributed by atoms with Crippen molar-refractivity contribution in [3.63, 3.8) is 0 Å². The lowest BCUT2D eigenvalue weighted by Gasteiger charge is -2.13. The molecule has 1 aromatic carbocycles. The van der Waals surface area contributed by atoms with Gasteiger partial charge in [-0.15, -0.1) is 0 Å². The van der Waals surface area contributed by atoms with Crippen LogP contribution in [0.4, 0.5) is 0 Å². The molecule has 1 nitrogen and oxygen atoms in total. The SMILES string of the molecule is Cc1cc(Cl)ccc1C(N)C1CC1. The number of hydrogen-bond donors (Lipinski definition) is 1. The average molecular weight is 196 g/mol. The summed E-state index contributed by atoms with van der Waals surface area (Å²) in [4.78, 5) is 0. The third-order valence-electron chi connectivity index (χ3n) is 2.72. The topological polar surface area (TPSA) is 26.0 Å². The summed E-state index contributed by atoms with van der Waals surface area (Å²) in [5.41, 5.74) is 8.58. The van der Waals surface area contributed by atoms with Crippen LogP contribution in [0.15, 0.2) is 18.2 Å². The van der Waals surface area contributed by atoms with Gasteiger partial charge in [0.25, 0.3) is 0 Å². The summed E-state index contributed by atoms with van der Waals surface area (Å²) in [6.07, 6.45) is 2.56. The Balaban J connectivity index is 2.28. The first kappa shape index (κ1) is 9.04. The zero-order chi connectivity index (χ0) is 9.42. The van der Waals surface area contributed by atoms with Crippen LogP contribution in [-0.2, 0) is 0 Å². The molecule has 1 atom stereocenters. The number of aryl methyl sites for hydroxylation is 1.